The van der Waals surface area contributed by atoms with Gasteiger partial charge in [-0.15, -0.1) is 0 Å². The molecule has 1 heterocycles. The molecule has 0 fully saturated rings. The molecule has 2 aromatic rings. The van der Waals surface area contributed by atoms with E-state index in [1.165, 1.54) is 6.07 Å². The summed E-state index contributed by atoms with van der Waals surface area (Å²) in [6, 6.07) is 4.75. The van der Waals surface area contributed by atoms with Crippen LogP contribution in [0.2, 0.25) is 5.02 Å². The minimum Gasteiger partial charge on any atom is -0.330 e. The Kier molecular flexibility index (Phi) is 3.79. The Balaban J connectivity index is 2.28. The van der Waals surface area contributed by atoms with E-state index in [2.05, 4.69) is 11.9 Å². The van der Waals surface area contributed by atoms with Gasteiger partial charge >= 0.3 is 0 Å². The van der Waals surface area contributed by atoms with Gasteiger partial charge in [-0.25, -0.2) is 9.37 Å². The van der Waals surface area contributed by atoms with Crippen LogP contribution < -0.4 is 0 Å². The molecule has 4 heteroatoms. The fraction of sp³-hybridized carbons (Fsp3) is 0.308. The second-order valence-electron chi connectivity index (χ2n) is 3.92. The molecule has 0 aliphatic heterocycles. The predicted octanol–water partition coefficient (Wildman–Crippen LogP) is 3.68. The molecule has 0 aliphatic rings. The van der Waals surface area contributed by atoms with Crippen molar-refractivity contribution >= 4 is 11.6 Å². The normalized spacial score (nSPS) is 10.8. The molecule has 0 unspecified atom stereocenters. The summed E-state index contributed by atoms with van der Waals surface area (Å²) in [7, 11) is 0. The number of hydrogen-bond acceptors (Lipinski definition) is 1. The van der Waals surface area contributed by atoms with E-state index in [1.807, 2.05) is 10.8 Å². The van der Waals surface area contributed by atoms with Gasteiger partial charge in [-0.1, -0.05) is 24.6 Å². The molecule has 0 N–H and O–H groups in total. The predicted molar refractivity (Wildman–Crippen MR) is 66.7 cm³/mol. The van der Waals surface area contributed by atoms with E-state index >= 15 is 0 Å². The smallest absolute Gasteiger partial charge is 0.129 e. The van der Waals surface area contributed by atoms with E-state index in [-0.39, 0.29) is 5.82 Å². The third-order valence-corrected chi connectivity index (χ3v) is 3.02. The number of aryl methyl sites for hydroxylation is 1. The van der Waals surface area contributed by atoms with Gasteiger partial charge in [0.1, 0.15) is 11.6 Å². The number of rotatable bonds is 4. The summed E-state index contributed by atoms with van der Waals surface area (Å²) in [5.41, 5.74) is 0.518. The Morgan fingerprint density at radius 1 is 1.41 bits per heavy atom. The maximum Gasteiger partial charge on any atom is 0.129 e. The summed E-state index contributed by atoms with van der Waals surface area (Å²) >= 11 is 6.00. The van der Waals surface area contributed by atoms with E-state index in [9.17, 15) is 4.39 Å². The Bertz CT molecular complexity index is 488. The van der Waals surface area contributed by atoms with Crippen LogP contribution in [0, 0.1) is 5.82 Å². The maximum atomic E-state index is 13.6. The van der Waals surface area contributed by atoms with Crippen LogP contribution >= 0.6 is 11.6 Å². The van der Waals surface area contributed by atoms with E-state index in [1.54, 1.807) is 18.3 Å². The zero-order chi connectivity index (χ0) is 12.3. The van der Waals surface area contributed by atoms with Gasteiger partial charge in [-0.3, -0.25) is 0 Å². The summed E-state index contributed by atoms with van der Waals surface area (Å²) in [6.07, 6.45) is 5.49. The molecule has 0 amide bonds. The van der Waals surface area contributed by atoms with Crippen LogP contribution in [0.25, 0.3) is 0 Å². The van der Waals surface area contributed by atoms with Crippen molar-refractivity contribution in [2.45, 2.75) is 26.3 Å². The van der Waals surface area contributed by atoms with Gasteiger partial charge in [0.2, 0.25) is 0 Å². The zero-order valence-electron chi connectivity index (χ0n) is 9.66. The molecule has 90 valence electrons. The van der Waals surface area contributed by atoms with E-state index in [4.69, 9.17) is 11.6 Å². The van der Waals surface area contributed by atoms with Crippen LogP contribution in [0.15, 0.2) is 30.6 Å². The largest absolute Gasteiger partial charge is 0.330 e. The number of imidazole rings is 1. The highest BCUT2D eigenvalue weighted by Crippen LogP contribution is 2.20. The van der Waals surface area contributed by atoms with Gasteiger partial charge in [0, 0.05) is 29.4 Å². The highest BCUT2D eigenvalue weighted by molar-refractivity contribution is 6.31. The molecule has 2 nitrogen and oxygen atoms in total. The minimum absolute atomic E-state index is 0.270. The number of nitrogens with zero attached hydrogens (tertiary/aromatic N) is 2. The third kappa shape index (κ3) is 2.67. The maximum absolute atomic E-state index is 13.6. The second kappa shape index (κ2) is 5.32. The van der Waals surface area contributed by atoms with Crippen LogP contribution in [-0.4, -0.2) is 9.55 Å². The average Bonchev–Trinajstić information content (AvgIpc) is 2.72. The first-order valence-electron chi connectivity index (χ1n) is 5.65. The third-order valence-electron chi connectivity index (χ3n) is 2.67. The summed E-state index contributed by atoms with van der Waals surface area (Å²) < 4.78 is 15.6. The Morgan fingerprint density at radius 3 is 2.94 bits per heavy atom. The number of benzene rings is 1. The van der Waals surface area contributed by atoms with Gasteiger partial charge in [-0.2, -0.15) is 0 Å². The van der Waals surface area contributed by atoms with Crippen molar-refractivity contribution in [3.8, 4) is 0 Å². The fourth-order valence-electron chi connectivity index (χ4n) is 1.79. The Hall–Kier alpha value is -1.35. The first-order chi connectivity index (χ1) is 8.22. The molecule has 1 aromatic carbocycles. The summed E-state index contributed by atoms with van der Waals surface area (Å²) in [5.74, 6) is 0.695. The van der Waals surface area contributed by atoms with E-state index in [0.717, 1.165) is 18.7 Å². The van der Waals surface area contributed by atoms with Gasteiger partial charge in [0.05, 0.1) is 6.54 Å². The topological polar surface area (TPSA) is 17.8 Å². The molecule has 0 saturated heterocycles. The summed E-state index contributed by atoms with van der Waals surface area (Å²) in [5, 5.41) is 0.459. The minimum atomic E-state index is -0.270. The Labute approximate surface area is 105 Å². The van der Waals surface area contributed by atoms with Gasteiger partial charge in [-0.05, 0) is 18.6 Å². The van der Waals surface area contributed by atoms with Crippen molar-refractivity contribution in [2.24, 2.45) is 0 Å². The average molecular weight is 253 g/mol. The van der Waals surface area contributed by atoms with Crippen molar-refractivity contribution in [1.82, 2.24) is 9.55 Å². The van der Waals surface area contributed by atoms with Crippen molar-refractivity contribution in [3.63, 3.8) is 0 Å². The molecule has 0 atom stereocenters. The van der Waals surface area contributed by atoms with E-state index in [0.29, 0.717) is 17.1 Å². The lowest BCUT2D eigenvalue weighted by Gasteiger charge is -2.09. The molecular formula is C13H14ClFN2. The van der Waals surface area contributed by atoms with Gasteiger partial charge < -0.3 is 4.57 Å². The highest BCUT2D eigenvalue weighted by atomic mass is 35.5. The first-order valence-corrected chi connectivity index (χ1v) is 6.03. The first kappa shape index (κ1) is 12.1. The lowest BCUT2D eigenvalue weighted by molar-refractivity contribution is 0.593. The molecular weight excluding hydrogens is 239 g/mol. The zero-order valence-corrected chi connectivity index (χ0v) is 10.4. The van der Waals surface area contributed by atoms with Crippen LogP contribution in [0.3, 0.4) is 0 Å². The van der Waals surface area contributed by atoms with Crippen molar-refractivity contribution < 1.29 is 4.39 Å². The van der Waals surface area contributed by atoms with Crippen LogP contribution in [0.5, 0.6) is 0 Å². The molecule has 0 radical (unpaired) electrons. The van der Waals surface area contributed by atoms with Crippen molar-refractivity contribution in [1.29, 1.82) is 0 Å². The second-order valence-corrected chi connectivity index (χ2v) is 4.33. The van der Waals surface area contributed by atoms with Gasteiger partial charge in [0.25, 0.3) is 0 Å². The van der Waals surface area contributed by atoms with E-state index < -0.39 is 0 Å². The summed E-state index contributed by atoms with van der Waals surface area (Å²) in [6.45, 7) is 2.52. The number of halogens is 2. The molecule has 0 aliphatic carbocycles. The number of hydrogen-bond donors (Lipinski definition) is 0. The SMILES string of the molecule is CCCc1nccn1Cc1c(F)cccc1Cl. The molecule has 0 spiro atoms. The number of aromatic nitrogens is 2. The lowest BCUT2D eigenvalue weighted by atomic mass is 10.2. The molecule has 1 aromatic heterocycles. The molecule has 0 bridgehead atoms. The Morgan fingerprint density at radius 2 is 2.24 bits per heavy atom. The molecule has 0 saturated carbocycles. The van der Waals surface area contributed by atoms with Crippen molar-refractivity contribution in [3.05, 3.63) is 52.8 Å². The summed E-state index contributed by atoms with van der Waals surface area (Å²) in [4.78, 5) is 4.26. The van der Waals surface area contributed by atoms with Crippen molar-refractivity contribution in [2.75, 3.05) is 0 Å². The van der Waals surface area contributed by atoms with Crippen LogP contribution in [0.4, 0.5) is 4.39 Å². The van der Waals surface area contributed by atoms with Crippen LogP contribution in [0.1, 0.15) is 24.7 Å². The highest BCUT2D eigenvalue weighted by Gasteiger charge is 2.09. The quantitative estimate of drug-likeness (QED) is 0.812. The fourth-order valence-corrected chi connectivity index (χ4v) is 2.01. The monoisotopic (exact) mass is 252 g/mol. The molecule has 17 heavy (non-hydrogen) atoms. The lowest BCUT2D eigenvalue weighted by Crippen LogP contribution is -2.06. The van der Waals surface area contributed by atoms with Crippen LogP contribution in [-0.2, 0) is 13.0 Å². The standard InChI is InChI=1S/C13H14ClFN2/c1-2-4-13-16-7-8-17(13)9-10-11(14)5-3-6-12(10)15/h3,5-8H,2,4,9H2,1H3. The van der Waals surface area contributed by atoms with Gasteiger partial charge in [0.15, 0.2) is 0 Å². The molecule has 2 rings (SSSR count).